The van der Waals surface area contributed by atoms with Gasteiger partial charge < -0.3 is 9.15 Å². The third kappa shape index (κ3) is 3.86. The average molecular weight is 437 g/mol. The van der Waals surface area contributed by atoms with E-state index in [0.717, 1.165) is 15.8 Å². The zero-order valence-corrected chi connectivity index (χ0v) is 17.7. The van der Waals surface area contributed by atoms with E-state index in [1.165, 1.54) is 23.9 Å². The molecule has 0 spiro atoms. The molecule has 0 aliphatic carbocycles. The lowest BCUT2D eigenvalue weighted by Gasteiger charge is -2.24. The summed E-state index contributed by atoms with van der Waals surface area (Å²) in [5.41, 5.74) is 1.08. The van der Waals surface area contributed by atoms with Crippen molar-refractivity contribution in [2.24, 2.45) is 0 Å². The van der Waals surface area contributed by atoms with Crippen LogP contribution in [-0.4, -0.2) is 40.7 Å². The summed E-state index contributed by atoms with van der Waals surface area (Å²) in [6.45, 7) is 1.78. The fourth-order valence-electron chi connectivity index (χ4n) is 3.63. The fraction of sp³-hybridized carbons (Fsp3) is 0.217. The Morgan fingerprint density at radius 3 is 2.39 bits per heavy atom. The van der Waals surface area contributed by atoms with E-state index in [9.17, 15) is 19.2 Å². The Morgan fingerprint density at radius 2 is 1.74 bits per heavy atom. The van der Waals surface area contributed by atoms with Gasteiger partial charge in [-0.15, -0.1) is 0 Å². The minimum Gasteiger partial charge on any atom is -0.425 e. The first-order valence-corrected chi connectivity index (χ1v) is 11.0. The molecular formula is C23H19NO6S. The van der Waals surface area contributed by atoms with Crippen LogP contribution in [0.3, 0.4) is 0 Å². The summed E-state index contributed by atoms with van der Waals surface area (Å²) in [4.78, 5) is 51.4. The first kappa shape index (κ1) is 20.9. The van der Waals surface area contributed by atoms with Crippen molar-refractivity contribution in [2.45, 2.75) is 19.4 Å². The predicted octanol–water partition coefficient (Wildman–Crippen LogP) is 3.42. The zero-order valence-electron chi connectivity index (χ0n) is 16.9. The lowest BCUT2D eigenvalue weighted by Crippen LogP contribution is -2.47. The van der Waals surface area contributed by atoms with Gasteiger partial charge in [-0.3, -0.25) is 14.5 Å². The quantitative estimate of drug-likeness (QED) is 0.252. The van der Waals surface area contributed by atoms with Crippen molar-refractivity contribution >= 4 is 40.5 Å². The van der Waals surface area contributed by atoms with Crippen LogP contribution < -0.4 is 10.4 Å². The molecule has 4 rings (SSSR count). The number of nitrogens with zero attached hydrogens (tertiary/aromatic N) is 1. The van der Waals surface area contributed by atoms with Gasteiger partial charge in [0.05, 0.1) is 11.1 Å². The van der Waals surface area contributed by atoms with Crippen LogP contribution in [-0.2, 0) is 4.79 Å². The molecule has 0 saturated heterocycles. The van der Waals surface area contributed by atoms with Crippen LogP contribution in [0.5, 0.6) is 5.75 Å². The largest absolute Gasteiger partial charge is 0.425 e. The van der Waals surface area contributed by atoms with Crippen molar-refractivity contribution < 1.29 is 23.5 Å². The third-order valence-corrected chi connectivity index (χ3v) is 5.79. The number of esters is 1. The van der Waals surface area contributed by atoms with Crippen LogP contribution in [0.25, 0.3) is 11.0 Å². The normalized spacial score (nSPS) is 14.1. The molecule has 3 aromatic rings. The summed E-state index contributed by atoms with van der Waals surface area (Å²) in [5.74, 6) is -1.03. The van der Waals surface area contributed by atoms with Gasteiger partial charge in [0.25, 0.3) is 11.8 Å². The maximum Gasteiger partial charge on any atom is 0.336 e. The van der Waals surface area contributed by atoms with Gasteiger partial charge in [0, 0.05) is 17.5 Å². The van der Waals surface area contributed by atoms with E-state index < -0.39 is 29.5 Å². The van der Waals surface area contributed by atoms with Crippen LogP contribution in [0.2, 0.25) is 0 Å². The Morgan fingerprint density at radius 1 is 1.06 bits per heavy atom. The summed E-state index contributed by atoms with van der Waals surface area (Å²) in [6.07, 6.45) is 2.13. The van der Waals surface area contributed by atoms with Crippen molar-refractivity contribution in [1.29, 1.82) is 0 Å². The fourth-order valence-corrected chi connectivity index (χ4v) is 4.08. The second-order valence-corrected chi connectivity index (χ2v) is 8.14. The molecule has 31 heavy (non-hydrogen) atoms. The first-order chi connectivity index (χ1) is 14.9. The van der Waals surface area contributed by atoms with Crippen LogP contribution in [0.4, 0.5) is 0 Å². The molecule has 0 saturated carbocycles. The number of hydrogen-bond acceptors (Lipinski definition) is 7. The van der Waals surface area contributed by atoms with Gasteiger partial charge in [0.1, 0.15) is 17.4 Å². The maximum atomic E-state index is 13.0. The minimum atomic E-state index is -1.07. The molecule has 8 heteroatoms. The van der Waals surface area contributed by atoms with Gasteiger partial charge in [-0.25, -0.2) is 9.59 Å². The van der Waals surface area contributed by atoms with Crippen molar-refractivity contribution in [3.63, 3.8) is 0 Å². The topological polar surface area (TPSA) is 93.9 Å². The molecule has 2 aromatic carbocycles. The van der Waals surface area contributed by atoms with Crippen molar-refractivity contribution in [3.05, 3.63) is 75.6 Å². The Hall–Kier alpha value is -3.39. The predicted molar refractivity (Wildman–Crippen MR) is 117 cm³/mol. The molecule has 1 atom stereocenters. The lowest BCUT2D eigenvalue weighted by molar-refractivity contribution is -0.138. The Balaban J connectivity index is 1.64. The highest BCUT2D eigenvalue weighted by atomic mass is 32.2. The van der Waals surface area contributed by atoms with E-state index in [1.54, 1.807) is 43.3 Å². The van der Waals surface area contributed by atoms with E-state index >= 15 is 0 Å². The van der Waals surface area contributed by atoms with Gasteiger partial charge in [0.2, 0.25) is 0 Å². The highest BCUT2D eigenvalue weighted by Gasteiger charge is 2.43. The summed E-state index contributed by atoms with van der Waals surface area (Å²) < 4.78 is 10.7. The number of fused-ring (bicyclic) bond motifs is 2. The minimum absolute atomic E-state index is 0.164. The number of aryl methyl sites for hydroxylation is 1. The number of benzene rings is 2. The number of rotatable bonds is 6. The van der Waals surface area contributed by atoms with Crippen LogP contribution in [0.1, 0.15) is 32.7 Å². The Labute approximate surface area is 182 Å². The van der Waals surface area contributed by atoms with E-state index in [4.69, 9.17) is 9.15 Å². The van der Waals surface area contributed by atoms with Gasteiger partial charge in [-0.05, 0) is 55.2 Å². The second kappa shape index (κ2) is 8.39. The average Bonchev–Trinajstić information content (AvgIpc) is 2.99. The van der Waals surface area contributed by atoms with Crippen LogP contribution >= 0.6 is 11.8 Å². The molecule has 0 fully saturated rings. The molecule has 0 unspecified atom stereocenters. The van der Waals surface area contributed by atoms with Crippen LogP contribution in [0, 0.1) is 6.92 Å². The highest BCUT2D eigenvalue weighted by Crippen LogP contribution is 2.28. The molecule has 2 heterocycles. The molecule has 1 aromatic heterocycles. The number of carbonyl (C=O) groups excluding carboxylic acids is 3. The monoisotopic (exact) mass is 437 g/mol. The molecular weight excluding hydrogens is 418 g/mol. The molecule has 7 nitrogen and oxygen atoms in total. The molecule has 0 bridgehead atoms. The maximum absolute atomic E-state index is 13.0. The van der Waals surface area contributed by atoms with Gasteiger partial charge in [-0.2, -0.15) is 11.8 Å². The van der Waals surface area contributed by atoms with Crippen molar-refractivity contribution in [1.82, 2.24) is 4.90 Å². The van der Waals surface area contributed by atoms with Gasteiger partial charge >= 0.3 is 11.6 Å². The smallest absolute Gasteiger partial charge is 0.336 e. The number of imide groups is 1. The summed E-state index contributed by atoms with van der Waals surface area (Å²) in [6, 6.07) is 11.5. The highest BCUT2D eigenvalue weighted by molar-refractivity contribution is 7.98. The number of thioether (sulfide) groups is 1. The van der Waals surface area contributed by atoms with Crippen molar-refractivity contribution in [2.75, 3.05) is 12.0 Å². The molecule has 1 aliphatic rings. The first-order valence-electron chi connectivity index (χ1n) is 9.62. The van der Waals surface area contributed by atoms with Crippen LogP contribution in [0.15, 0.2) is 57.7 Å². The zero-order chi connectivity index (χ0) is 22.1. The number of carbonyl (C=O) groups is 3. The Kier molecular flexibility index (Phi) is 5.65. The summed E-state index contributed by atoms with van der Waals surface area (Å²) >= 11 is 1.50. The van der Waals surface area contributed by atoms with E-state index in [-0.39, 0.29) is 28.9 Å². The SMILES string of the molecule is CSCC[C@@H](C(=O)Oc1ccc2c(C)cc(=O)oc2c1)N1C(=O)c2ccccc2C1=O. The molecule has 0 N–H and O–H groups in total. The van der Waals surface area contributed by atoms with Crippen molar-refractivity contribution in [3.8, 4) is 5.75 Å². The van der Waals surface area contributed by atoms with E-state index in [1.807, 2.05) is 6.26 Å². The number of hydrogen-bond donors (Lipinski definition) is 0. The second-order valence-electron chi connectivity index (χ2n) is 7.15. The van der Waals surface area contributed by atoms with E-state index in [0.29, 0.717) is 5.75 Å². The van der Waals surface area contributed by atoms with Gasteiger partial charge in [0.15, 0.2) is 0 Å². The third-order valence-electron chi connectivity index (χ3n) is 5.15. The standard InChI is InChI=1S/C23H19NO6S/c1-13-11-20(25)30-19-12-14(7-8-15(13)19)29-23(28)18(9-10-31-2)24-21(26)16-5-3-4-6-17(16)22(24)27/h3-8,11-12,18H,9-10H2,1-2H3/t18-/m0/s1. The molecule has 0 radical (unpaired) electrons. The number of amides is 2. The Bertz CT molecular complexity index is 1230. The van der Waals surface area contributed by atoms with Gasteiger partial charge in [-0.1, -0.05) is 12.1 Å². The number of ether oxygens (including phenoxy) is 1. The lowest BCUT2D eigenvalue weighted by atomic mass is 10.1. The molecule has 2 amide bonds. The molecule has 1 aliphatic heterocycles. The summed E-state index contributed by atoms with van der Waals surface area (Å²) in [7, 11) is 0. The van der Waals surface area contributed by atoms with E-state index in [2.05, 4.69) is 0 Å². The molecule has 158 valence electrons. The summed E-state index contributed by atoms with van der Waals surface area (Å²) in [5, 5.41) is 0.721.